The molecule has 2 amide bonds. The van der Waals surface area contributed by atoms with Crippen LogP contribution in [0.15, 0.2) is 54.3 Å². The van der Waals surface area contributed by atoms with Gasteiger partial charge in [-0.3, -0.25) is 4.79 Å². The third kappa shape index (κ3) is 14.4. The summed E-state index contributed by atoms with van der Waals surface area (Å²) >= 11 is 0. The maximum Gasteiger partial charge on any atom is 0.323 e. The fourth-order valence-corrected chi connectivity index (χ4v) is 4.28. The Morgan fingerprint density at radius 2 is 1.80 bits per heavy atom. The number of aliphatic hydroxyl groups is 1. The van der Waals surface area contributed by atoms with E-state index in [0.717, 1.165) is 36.3 Å². The first kappa shape index (κ1) is 35.9. The molecule has 1 aromatic carbocycles. The van der Waals surface area contributed by atoms with Crippen molar-refractivity contribution in [3.05, 3.63) is 59.8 Å². The van der Waals surface area contributed by atoms with E-state index in [4.69, 9.17) is 15.2 Å². The molecular formula is C32H52N4O5. The quantitative estimate of drug-likeness (QED) is 0.0961. The van der Waals surface area contributed by atoms with E-state index in [2.05, 4.69) is 49.8 Å². The monoisotopic (exact) mass is 572 g/mol. The molecule has 41 heavy (non-hydrogen) atoms. The third-order valence-electron chi connectivity index (χ3n) is 6.18. The number of esters is 1. The lowest BCUT2D eigenvalue weighted by Gasteiger charge is -2.31. The molecule has 0 aliphatic carbocycles. The fraction of sp³-hybridized carbons (Fsp3) is 0.562. The Hall–Kier alpha value is -3.14. The zero-order chi connectivity index (χ0) is 30.9. The van der Waals surface area contributed by atoms with E-state index in [0.29, 0.717) is 29.6 Å². The second-order valence-corrected chi connectivity index (χ2v) is 11.1. The van der Waals surface area contributed by atoms with E-state index in [9.17, 15) is 14.7 Å². The van der Waals surface area contributed by atoms with E-state index >= 15 is 0 Å². The lowest BCUT2D eigenvalue weighted by molar-refractivity contribution is -0.186. The first-order valence-corrected chi connectivity index (χ1v) is 14.5. The Balaban J connectivity index is 3.27. The number of nitrogens with zero attached hydrogens (tertiary/aromatic N) is 1. The van der Waals surface area contributed by atoms with Crippen LogP contribution in [0.4, 0.5) is 16.2 Å². The van der Waals surface area contributed by atoms with Crippen molar-refractivity contribution in [3.63, 3.8) is 0 Å². The Labute approximate surface area is 246 Å². The number of carbonyl (C=O) groups is 2. The number of nitrogens with one attached hydrogen (secondary N) is 2. The van der Waals surface area contributed by atoms with Gasteiger partial charge in [-0.2, -0.15) is 0 Å². The predicted octanol–water partition coefficient (Wildman–Crippen LogP) is 6.03. The summed E-state index contributed by atoms with van der Waals surface area (Å²) in [6.07, 6.45) is 5.47. The molecule has 1 unspecified atom stereocenters. The summed E-state index contributed by atoms with van der Waals surface area (Å²) in [5, 5.41) is 16.5. The molecule has 2 atom stereocenters. The first-order valence-electron chi connectivity index (χ1n) is 14.5. The van der Waals surface area contributed by atoms with Gasteiger partial charge in [-0.1, -0.05) is 65.0 Å². The van der Waals surface area contributed by atoms with Gasteiger partial charge >= 0.3 is 12.0 Å². The second kappa shape index (κ2) is 19.1. The molecule has 9 heteroatoms. The molecule has 0 radical (unpaired) electrons. The van der Waals surface area contributed by atoms with Crippen LogP contribution in [-0.4, -0.2) is 49.8 Å². The number of rotatable bonds is 18. The van der Waals surface area contributed by atoms with E-state index in [-0.39, 0.29) is 31.7 Å². The Bertz CT molecular complexity index is 1020. The summed E-state index contributed by atoms with van der Waals surface area (Å²) in [5.41, 5.74) is 9.46. The molecule has 1 aromatic rings. The number of amides is 2. The van der Waals surface area contributed by atoms with Crippen LogP contribution in [0.2, 0.25) is 0 Å². The lowest BCUT2D eigenvalue weighted by Crippen LogP contribution is -2.33. The van der Waals surface area contributed by atoms with E-state index in [1.54, 1.807) is 0 Å². The number of nitrogens with two attached hydrogens (primary N) is 1. The minimum atomic E-state index is -1.12. The molecular weight excluding hydrogens is 520 g/mol. The molecule has 0 heterocycles. The van der Waals surface area contributed by atoms with Crippen molar-refractivity contribution in [2.45, 2.75) is 79.9 Å². The van der Waals surface area contributed by atoms with Crippen LogP contribution in [0.5, 0.6) is 0 Å². The Kier molecular flexibility index (Phi) is 16.7. The molecule has 0 bridgehead atoms. The van der Waals surface area contributed by atoms with Gasteiger partial charge in [-0.15, -0.1) is 0 Å². The van der Waals surface area contributed by atoms with Crippen LogP contribution >= 0.6 is 0 Å². The molecule has 0 fully saturated rings. The Morgan fingerprint density at radius 1 is 1.15 bits per heavy atom. The van der Waals surface area contributed by atoms with Gasteiger partial charge in [-0.05, 0) is 61.8 Å². The van der Waals surface area contributed by atoms with E-state index < -0.39 is 12.3 Å². The minimum absolute atomic E-state index is 0.0596. The predicted molar refractivity (Wildman–Crippen MR) is 168 cm³/mol. The second-order valence-electron chi connectivity index (χ2n) is 11.1. The number of allylic oxidation sites excluding steroid dienone is 4. The number of carbonyl (C=O) groups excluding carboxylic acids is 2. The zero-order valence-corrected chi connectivity index (χ0v) is 26.0. The topological polar surface area (TPSA) is 126 Å². The molecule has 1 rings (SSSR count). The molecule has 0 saturated carbocycles. The third-order valence-corrected chi connectivity index (χ3v) is 6.18. The summed E-state index contributed by atoms with van der Waals surface area (Å²) in [6.45, 7) is 19.9. The van der Waals surface area contributed by atoms with Gasteiger partial charge in [0.25, 0.3) is 0 Å². The van der Waals surface area contributed by atoms with Crippen LogP contribution in [0, 0.1) is 11.8 Å². The molecule has 5 N–H and O–H groups in total. The summed E-state index contributed by atoms with van der Waals surface area (Å²) < 4.78 is 10.3. The summed E-state index contributed by atoms with van der Waals surface area (Å²) in [4.78, 5) is 27.0. The summed E-state index contributed by atoms with van der Waals surface area (Å²) in [5.74, 6) is 0.314. The van der Waals surface area contributed by atoms with Crippen molar-refractivity contribution in [2.75, 3.05) is 36.6 Å². The largest absolute Gasteiger partial charge is 0.438 e. The maximum atomic E-state index is 13.1. The Morgan fingerprint density at radius 3 is 2.34 bits per heavy atom. The number of anilines is 2. The number of ether oxygens (including phenoxy) is 2. The summed E-state index contributed by atoms with van der Waals surface area (Å²) in [7, 11) is 0. The van der Waals surface area contributed by atoms with Crippen LogP contribution < -0.4 is 21.3 Å². The number of aliphatic hydroxyl groups excluding tert-OH is 1. The van der Waals surface area contributed by atoms with Crippen LogP contribution in [0.25, 0.3) is 0 Å². The molecule has 9 nitrogen and oxygen atoms in total. The van der Waals surface area contributed by atoms with Gasteiger partial charge in [0.15, 0.2) is 13.1 Å². The van der Waals surface area contributed by atoms with Gasteiger partial charge in [0.05, 0.1) is 17.8 Å². The highest BCUT2D eigenvalue weighted by Crippen LogP contribution is 2.34. The maximum absolute atomic E-state index is 13.1. The highest BCUT2D eigenvalue weighted by molar-refractivity contribution is 5.94. The van der Waals surface area contributed by atoms with Crippen LogP contribution in [-0.2, 0) is 14.3 Å². The average molecular weight is 573 g/mol. The van der Waals surface area contributed by atoms with Gasteiger partial charge in [0.2, 0.25) is 0 Å². The minimum Gasteiger partial charge on any atom is -0.438 e. The van der Waals surface area contributed by atoms with Gasteiger partial charge in [0.1, 0.15) is 0 Å². The first-order chi connectivity index (χ1) is 19.4. The number of hydrogen-bond donors (Lipinski definition) is 4. The van der Waals surface area contributed by atoms with Crippen molar-refractivity contribution < 1.29 is 24.2 Å². The van der Waals surface area contributed by atoms with Gasteiger partial charge in [-0.25, -0.2) is 4.79 Å². The molecule has 0 aromatic heterocycles. The van der Waals surface area contributed by atoms with Crippen LogP contribution in [0.1, 0.15) is 79.2 Å². The van der Waals surface area contributed by atoms with Gasteiger partial charge in [0, 0.05) is 31.8 Å². The number of benzene rings is 1. The van der Waals surface area contributed by atoms with E-state index in [1.165, 1.54) is 0 Å². The summed E-state index contributed by atoms with van der Waals surface area (Å²) in [6, 6.07) is 5.70. The molecule has 0 aliphatic heterocycles. The zero-order valence-electron chi connectivity index (χ0n) is 26.0. The molecule has 230 valence electrons. The van der Waals surface area contributed by atoms with Crippen molar-refractivity contribution in [1.29, 1.82) is 0 Å². The standard InChI is InChI=1S/C32H52N4O5/c1-9-25(18-31(38)41-21-40-30(37)15-16-33)26-12-14-29(36(19-23(5)6)20-24(7)8)28(17-26)35-32(39)34-27(10-2)13-11-22(3)4/h10-14,17,23-25,31,38H,3,9,15-16,18-21,33H2,1-2,4-8H3,(H2,34,35,39)/b13-11-,27-10+/t25-,31?/m0/s1. The average Bonchev–Trinajstić information content (AvgIpc) is 2.88. The number of urea groups is 1. The smallest absolute Gasteiger partial charge is 0.323 e. The van der Waals surface area contributed by atoms with Crippen LogP contribution in [0.3, 0.4) is 0 Å². The lowest BCUT2D eigenvalue weighted by atomic mass is 9.92. The molecule has 0 aliphatic rings. The fourth-order valence-electron chi connectivity index (χ4n) is 4.28. The van der Waals surface area contributed by atoms with E-state index in [1.807, 2.05) is 57.2 Å². The normalized spacial score (nSPS) is 13.4. The van der Waals surface area contributed by atoms with Crippen molar-refractivity contribution in [3.8, 4) is 0 Å². The highest BCUT2D eigenvalue weighted by Gasteiger charge is 2.21. The van der Waals surface area contributed by atoms with Crippen molar-refractivity contribution in [2.24, 2.45) is 17.6 Å². The highest BCUT2D eigenvalue weighted by atomic mass is 16.7. The molecule has 0 saturated heterocycles. The van der Waals surface area contributed by atoms with Crippen molar-refractivity contribution >= 4 is 23.4 Å². The SMILES string of the molecule is C=C(C)/C=C\C(=C/C)NC(=O)Nc1cc([C@@H](CC)CC(O)OCOC(=O)CCN)ccc1N(CC(C)C)CC(C)C. The van der Waals surface area contributed by atoms with Gasteiger partial charge < -0.3 is 35.8 Å². The molecule has 0 spiro atoms. The number of hydrogen-bond acceptors (Lipinski definition) is 7. The van der Waals surface area contributed by atoms with Crippen molar-refractivity contribution in [1.82, 2.24) is 5.32 Å².